The van der Waals surface area contributed by atoms with Gasteiger partial charge in [0.05, 0.1) is 11.6 Å². The number of H-pyrrole nitrogens is 2. The lowest BCUT2D eigenvalue weighted by atomic mass is 9.90. The molecular weight excluding hydrogens is 172 g/mol. The number of carboxylic acids is 1. The Morgan fingerprint density at radius 3 is 2.92 bits per heavy atom. The predicted octanol–water partition coefficient (Wildman–Crippen LogP) is 0.207. The van der Waals surface area contributed by atoms with Crippen LogP contribution in [0.5, 0.6) is 0 Å². The second-order valence-corrected chi connectivity index (χ2v) is 3.25. The van der Waals surface area contributed by atoms with Crippen LogP contribution in [-0.2, 0) is 11.2 Å². The number of aromatic amines is 2. The summed E-state index contributed by atoms with van der Waals surface area (Å²) in [5, 5.41) is 8.86. The number of fused-ring (bicyclic) bond motifs is 1. The van der Waals surface area contributed by atoms with Gasteiger partial charge in [-0.2, -0.15) is 0 Å². The van der Waals surface area contributed by atoms with E-state index in [1.165, 1.54) is 0 Å². The molecule has 5 heteroatoms. The van der Waals surface area contributed by atoms with Gasteiger partial charge in [0.2, 0.25) is 0 Å². The number of aromatic nitrogens is 2. The Kier molecular flexibility index (Phi) is 1.72. The lowest BCUT2D eigenvalue weighted by molar-refractivity contribution is -0.139. The Morgan fingerprint density at radius 1 is 1.46 bits per heavy atom. The summed E-state index contributed by atoms with van der Waals surface area (Å²) < 4.78 is 0. The van der Waals surface area contributed by atoms with E-state index in [4.69, 9.17) is 5.11 Å². The highest BCUT2D eigenvalue weighted by Crippen LogP contribution is 2.27. The first-order chi connectivity index (χ1) is 6.18. The summed E-state index contributed by atoms with van der Waals surface area (Å²) in [5.41, 5.74) is 1.01. The number of hydrogen-bond donors (Lipinski definition) is 3. The van der Waals surface area contributed by atoms with Crippen LogP contribution in [0.3, 0.4) is 0 Å². The highest BCUT2D eigenvalue weighted by Gasteiger charge is 2.28. The van der Waals surface area contributed by atoms with Crippen LogP contribution >= 0.6 is 0 Å². The largest absolute Gasteiger partial charge is 0.481 e. The van der Waals surface area contributed by atoms with E-state index in [1.54, 1.807) is 0 Å². The molecule has 70 valence electrons. The van der Waals surface area contributed by atoms with Gasteiger partial charge < -0.3 is 15.1 Å². The van der Waals surface area contributed by atoms with Gasteiger partial charge in [-0.3, -0.25) is 4.79 Å². The van der Waals surface area contributed by atoms with Gasteiger partial charge in [-0.05, 0) is 19.3 Å². The molecule has 0 aliphatic heterocycles. The van der Waals surface area contributed by atoms with Crippen LogP contribution in [-0.4, -0.2) is 21.0 Å². The van der Waals surface area contributed by atoms with E-state index in [0.29, 0.717) is 12.1 Å². The fourth-order valence-corrected chi connectivity index (χ4v) is 1.80. The smallest absolute Gasteiger partial charge is 0.323 e. The SMILES string of the molecule is O=C(O)C1CCCc2[nH]c(=O)[nH]c21. The summed E-state index contributed by atoms with van der Waals surface area (Å²) in [5.74, 6) is -1.40. The molecule has 1 atom stereocenters. The molecule has 0 saturated heterocycles. The van der Waals surface area contributed by atoms with E-state index in [-0.39, 0.29) is 5.69 Å². The van der Waals surface area contributed by atoms with Gasteiger partial charge in [0, 0.05) is 5.69 Å². The lowest BCUT2D eigenvalue weighted by Gasteiger charge is -2.17. The number of carboxylic acid groups (broad SMARTS) is 1. The number of aryl methyl sites for hydroxylation is 1. The average Bonchev–Trinajstić information content (AvgIpc) is 2.43. The molecule has 0 aromatic carbocycles. The molecule has 13 heavy (non-hydrogen) atoms. The summed E-state index contributed by atoms with van der Waals surface area (Å²) in [4.78, 5) is 26.9. The molecule has 0 radical (unpaired) electrons. The first kappa shape index (κ1) is 8.10. The van der Waals surface area contributed by atoms with Crippen molar-refractivity contribution in [3.05, 3.63) is 21.9 Å². The van der Waals surface area contributed by atoms with Crippen molar-refractivity contribution < 1.29 is 9.90 Å². The number of carbonyl (C=O) groups is 1. The molecule has 1 unspecified atom stereocenters. The molecule has 0 spiro atoms. The van der Waals surface area contributed by atoms with E-state index in [2.05, 4.69) is 9.97 Å². The number of rotatable bonds is 1. The molecule has 1 heterocycles. The Balaban J connectivity index is 2.47. The van der Waals surface area contributed by atoms with Crippen LogP contribution in [0.2, 0.25) is 0 Å². The molecule has 1 aliphatic rings. The third kappa shape index (κ3) is 1.26. The fourth-order valence-electron chi connectivity index (χ4n) is 1.80. The van der Waals surface area contributed by atoms with Gasteiger partial charge in [0.15, 0.2) is 0 Å². The van der Waals surface area contributed by atoms with E-state index in [1.807, 2.05) is 0 Å². The zero-order valence-corrected chi connectivity index (χ0v) is 6.96. The first-order valence-corrected chi connectivity index (χ1v) is 4.22. The van der Waals surface area contributed by atoms with Crippen molar-refractivity contribution in [1.29, 1.82) is 0 Å². The predicted molar refractivity (Wildman–Crippen MR) is 44.7 cm³/mol. The minimum atomic E-state index is -0.865. The molecule has 2 rings (SSSR count). The van der Waals surface area contributed by atoms with Crippen LogP contribution in [0.15, 0.2) is 4.79 Å². The van der Waals surface area contributed by atoms with E-state index >= 15 is 0 Å². The standard InChI is InChI=1S/C8H10N2O3/c11-7(12)4-2-1-3-5-6(4)10-8(13)9-5/h4H,1-3H2,(H,11,12)(H2,9,10,13). The molecule has 0 bridgehead atoms. The zero-order valence-electron chi connectivity index (χ0n) is 6.96. The summed E-state index contributed by atoms with van der Waals surface area (Å²) >= 11 is 0. The van der Waals surface area contributed by atoms with Crippen molar-refractivity contribution >= 4 is 5.97 Å². The van der Waals surface area contributed by atoms with Crippen molar-refractivity contribution in [2.24, 2.45) is 0 Å². The minimum Gasteiger partial charge on any atom is -0.481 e. The van der Waals surface area contributed by atoms with E-state index < -0.39 is 11.9 Å². The van der Waals surface area contributed by atoms with Gasteiger partial charge in [-0.1, -0.05) is 0 Å². The van der Waals surface area contributed by atoms with Crippen LogP contribution in [0, 0.1) is 0 Å². The average molecular weight is 182 g/mol. The number of nitrogens with one attached hydrogen (secondary N) is 2. The highest BCUT2D eigenvalue weighted by atomic mass is 16.4. The second kappa shape index (κ2) is 2.76. The molecule has 0 amide bonds. The molecule has 1 aliphatic carbocycles. The molecule has 5 nitrogen and oxygen atoms in total. The maximum atomic E-state index is 10.9. The lowest BCUT2D eigenvalue weighted by Crippen LogP contribution is -2.18. The molecule has 0 fully saturated rings. The molecule has 1 aromatic rings. The summed E-state index contributed by atoms with van der Waals surface area (Å²) in [6, 6.07) is 0. The van der Waals surface area contributed by atoms with Crippen LogP contribution in [0.1, 0.15) is 30.1 Å². The minimum absolute atomic E-state index is 0.307. The number of aliphatic carboxylic acids is 1. The van der Waals surface area contributed by atoms with Crippen molar-refractivity contribution in [3.63, 3.8) is 0 Å². The zero-order chi connectivity index (χ0) is 9.42. The third-order valence-electron chi connectivity index (χ3n) is 2.40. The Hall–Kier alpha value is -1.52. The number of hydrogen-bond acceptors (Lipinski definition) is 2. The maximum Gasteiger partial charge on any atom is 0.323 e. The summed E-state index contributed by atoms with van der Waals surface area (Å²) in [6.45, 7) is 0. The molecule has 0 saturated carbocycles. The molecule has 3 N–H and O–H groups in total. The van der Waals surface area contributed by atoms with Crippen LogP contribution in [0.4, 0.5) is 0 Å². The molecule has 1 aromatic heterocycles. The van der Waals surface area contributed by atoms with Crippen molar-refractivity contribution in [1.82, 2.24) is 9.97 Å². The third-order valence-corrected chi connectivity index (χ3v) is 2.40. The Labute approximate surface area is 73.8 Å². The summed E-state index contributed by atoms with van der Waals surface area (Å²) in [6.07, 6.45) is 2.19. The summed E-state index contributed by atoms with van der Waals surface area (Å²) in [7, 11) is 0. The highest BCUT2D eigenvalue weighted by molar-refractivity contribution is 5.76. The monoisotopic (exact) mass is 182 g/mol. The number of imidazole rings is 1. The quantitative estimate of drug-likeness (QED) is 0.580. The van der Waals surface area contributed by atoms with Crippen molar-refractivity contribution in [3.8, 4) is 0 Å². The fraction of sp³-hybridized carbons (Fsp3) is 0.500. The van der Waals surface area contributed by atoms with Crippen LogP contribution in [0.25, 0.3) is 0 Å². The van der Waals surface area contributed by atoms with Crippen molar-refractivity contribution in [2.45, 2.75) is 25.2 Å². The Morgan fingerprint density at radius 2 is 2.23 bits per heavy atom. The van der Waals surface area contributed by atoms with Gasteiger partial charge in [-0.15, -0.1) is 0 Å². The normalized spacial score (nSPS) is 21.1. The van der Waals surface area contributed by atoms with Crippen LogP contribution < -0.4 is 5.69 Å². The second-order valence-electron chi connectivity index (χ2n) is 3.25. The van der Waals surface area contributed by atoms with Gasteiger partial charge >= 0.3 is 11.7 Å². The van der Waals surface area contributed by atoms with Gasteiger partial charge in [-0.25, -0.2) is 4.79 Å². The van der Waals surface area contributed by atoms with E-state index in [0.717, 1.165) is 18.5 Å². The van der Waals surface area contributed by atoms with E-state index in [9.17, 15) is 9.59 Å². The van der Waals surface area contributed by atoms with Gasteiger partial charge in [0.1, 0.15) is 0 Å². The van der Waals surface area contributed by atoms with Crippen molar-refractivity contribution in [2.75, 3.05) is 0 Å². The molecular formula is C8H10N2O3. The first-order valence-electron chi connectivity index (χ1n) is 4.22. The Bertz CT molecular complexity index is 390. The topological polar surface area (TPSA) is 85.9 Å². The van der Waals surface area contributed by atoms with Gasteiger partial charge in [0.25, 0.3) is 0 Å². The maximum absolute atomic E-state index is 10.9.